The zero-order chi connectivity index (χ0) is 23.8. The zero-order valence-corrected chi connectivity index (χ0v) is 19.9. The molecule has 0 bridgehead atoms. The topological polar surface area (TPSA) is 105 Å². The quantitative estimate of drug-likeness (QED) is 0.697. The smallest absolute Gasteiger partial charge is 0.262 e. The maximum absolute atomic E-state index is 13.5. The number of carbonyl (C=O) groups excluding carboxylic acids is 2. The largest absolute Gasteiger partial charge is 0.482 e. The average Bonchev–Trinajstić information content (AvgIpc) is 2.79. The van der Waals surface area contributed by atoms with Crippen LogP contribution in [0.5, 0.6) is 5.75 Å². The Morgan fingerprint density at radius 3 is 2.79 bits per heavy atom. The fourth-order valence-corrected chi connectivity index (χ4v) is 6.18. The van der Waals surface area contributed by atoms with Crippen molar-refractivity contribution in [1.82, 2.24) is 4.31 Å². The van der Waals surface area contributed by atoms with Crippen LogP contribution in [0.25, 0.3) is 0 Å². The van der Waals surface area contributed by atoms with E-state index in [2.05, 4.69) is 10.6 Å². The molecule has 2 N–H and O–H groups in total. The number of benzene rings is 2. The summed E-state index contributed by atoms with van der Waals surface area (Å²) in [6.07, 6.45) is 2.02. The minimum absolute atomic E-state index is 0.121. The first-order valence-corrected chi connectivity index (χ1v) is 12.6. The molecule has 1 fully saturated rings. The van der Waals surface area contributed by atoms with Crippen molar-refractivity contribution in [1.29, 1.82) is 0 Å². The first kappa shape index (κ1) is 23.3. The second-order valence-corrected chi connectivity index (χ2v) is 10.5. The van der Waals surface area contributed by atoms with Gasteiger partial charge in [-0.05, 0) is 55.9 Å². The standard InChI is InChI=1S/C24H29N3O5S/c1-4-17-8-5-7-15(2)23(17)26-24(29)18-9-6-10-27(13-18)33(30,31)21-12-20-19(11-16(21)3)25-22(28)14-32-20/h5,7-8,11-12,18H,4,6,9-10,13-14H2,1-3H3,(H,25,28)(H,26,29)/t18-/m0/s1. The normalized spacial score (nSPS) is 18.8. The maximum atomic E-state index is 13.5. The van der Waals surface area contributed by atoms with E-state index in [-0.39, 0.29) is 29.9 Å². The van der Waals surface area contributed by atoms with Gasteiger partial charge in [-0.15, -0.1) is 0 Å². The molecule has 2 aromatic carbocycles. The third-order valence-electron chi connectivity index (χ3n) is 6.27. The van der Waals surface area contributed by atoms with Gasteiger partial charge in [-0.2, -0.15) is 4.31 Å². The van der Waals surface area contributed by atoms with Crippen LogP contribution in [0.3, 0.4) is 0 Å². The molecule has 2 aliphatic heterocycles. The minimum Gasteiger partial charge on any atom is -0.482 e. The number of carbonyl (C=O) groups is 2. The number of amides is 2. The van der Waals surface area contributed by atoms with E-state index in [1.54, 1.807) is 13.0 Å². The third kappa shape index (κ3) is 4.60. The summed E-state index contributed by atoms with van der Waals surface area (Å²) in [7, 11) is -3.84. The molecule has 0 aliphatic carbocycles. The Kier molecular flexibility index (Phi) is 6.45. The fourth-order valence-electron chi connectivity index (χ4n) is 4.44. The number of piperidine rings is 1. The SMILES string of the molecule is CCc1cccc(C)c1NC(=O)[C@H]1CCCN(S(=O)(=O)c2cc3c(cc2C)NC(=O)CO3)C1. The lowest BCUT2D eigenvalue weighted by atomic mass is 9.98. The average molecular weight is 472 g/mol. The number of hydrogen-bond acceptors (Lipinski definition) is 5. The highest BCUT2D eigenvalue weighted by atomic mass is 32.2. The summed E-state index contributed by atoms with van der Waals surface area (Å²) < 4.78 is 33.8. The van der Waals surface area contributed by atoms with Crippen LogP contribution < -0.4 is 15.4 Å². The highest BCUT2D eigenvalue weighted by Crippen LogP contribution is 2.35. The number of ether oxygens (including phenoxy) is 1. The predicted molar refractivity (Wildman–Crippen MR) is 126 cm³/mol. The van der Waals surface area contributed by atoms with E-state index in [4.69, 9.17) is 4.74 Å². The van der Waals surface area contributed by atoms with Crippen molar-refractivity contribution >= 4 is 33.2 Å². The van der Waals surface area contributed by atoms with Crippen molar-refractivity contribution < 1.29 is 22.7 Å². The molecule has 0 spiro atoms. The molecule has 2 amide bonds. The number of rotatable bonds is 5. The molecule has 2 aliphatic rings. The summed E-state index contributed by atoms with van der Waals surface area (Å²) in [5, 5.41) is 5.74. The van der Waals surface area contributed by atoms with Crippen molar-refractivity contribution in [2.24, 2.45) is 5.92 Å². The van der Waals surface area contributed by atoms with E-state index in [0.29, 0.717) is 36.4 Å². The van der Waals surface area contributed by atoms with Crippen molar-refractivity contribution in [3.05, 3.63) is 47.0 Å². The Hall–Kier alpha value is -2.91. The minimum atomic E-state index is -3.84. The molecular weight excluding hydrogens is 442 g/mol. The van der Waals surface area contributed by atoms with Gasteiger partial charge < -0.3 is 15.4 Å². The molecule has 0 saturated carbocycles. The predicted octanol–water partition coefficient (Wildman–Crippen LogP) is 3.24. The summed E-state index contributed by atoms with van der Waals surface area (Å²) in [6.45, 7) is 6.00. The highest BCUT2D eigenvalue weighted by molar-refractivity contribution is 7.89. The molecule has 9 heteroatoms. The van der Waals surface area contributed by atoms with Gasteiger partial charge >= 0.3 is 0 Å². The number of para-hydroxylation sites is 1. The molecule has 8 nitrogen and oxygen atoms in total. The number of hydrogen-bond donors (Lipinski definition) is 2. The van der Waals surface area contributed by atoms with E-state index in [9.17, 15) is 18.0 Å². The zero-order valence-electron chi connectivity index (χ0n) is 19.1. The molecule has 1 saturated heterocycles. The van der Waals surface area contributed by atoms with Gasteiger partial charge in [-0.3, -0.25) is 9.59 Å². The van der Waals surface area contributed by atoms with E-state index >= 15 is 0 Å². The first-order valence-electron chi connectivity index (χ1n) is 11.2. The van der Waals surface area contributed by atoms with Gasteiger partial charge in [-0.25, -0.2) is 8.42 Å². The van der Waals surface area contributed by atoms with E-state index in [1.807, 2.05) is 32.0 Å². The Bertz CT molecular complexity index is 1210. The number of nitrogens with zero attached hydrogens (tertiary/aromatic N) is 1. The second-order valence-electron chi connectivity index (χ2n) is 8.60. The summed E-state index contributed by atoms with van der Waals surface area (Å²) in [6, 6.07) is 8.98. The Labute approximate surface area is 194 Å². The van der Waals surface area contributed by atoms with Crippen molar-refractivity contribution in [2.45, 2.75) is 44.9 Å². The van der Waals surface area contributed by atoms with Crippen molar-refractivity contribution in [2.75, 3.05) is 30.3 Å². The third-order valence-corrected chi connectivity index (χ3v) is 8.28. The van der Waals surface area contributed by atoms with Gasteiger partial charge in [0.05, 0.1) is 16.5 Å². The molecule has 0 aromatic heterocycles. The van der Waals surface area contributed by atoms with Crippen LogP contribution in [-0.2, 0) is 26.0 Å². The van der Waals surface area contributed by atoms with Gasteiger partial charge in [-0.1, -0.05) is 25.1 Å². The van der Waals surface area contributed by atoms with Crippen LogP contribution in [0, 0.1) is 19.8 Å². The Morgan fingerprint density at radius 1 is 1.24 bits per heavy atom. The van der Waals surface area contributed by atoms with Crippen molar-refractivity contribution in [3.63, 3.8) is 0 Å². The highest BCUT2D eigenvalue weighted by Gasteiger charge is 2.35. The van der Waals surface area contributed by atoms with Crippen molar-refractivity contribution in [3.8, 4) is 5.75 Å². The van der Waals surface area contributed by atoms with E-state index in [0.717, 1.165) is 23.2 Å². The van der Waals surface area contributed by atoms with Gasteiger partial charge in [0.25, 0.3) is 5.91 Å². The lowest BCUT2D eigenvalue weighted by molar-refractivity contribution is -0.121. The molecule has 1 atom stereocenters. The summed E-state index contributed by atoms with van der Waals surface area (Å²) >= 11 is 0. The molecule has 2 aromatic rings. The number of aryl methyl sites for hydroxylation is 3. The van der Waals surface area contributed by atoms with Crippen LogP contribution in [0.4, 0.5) is 11.4 Å². The second kappa shape index (κ2) is 9.15. The molecular formula is C24H29N3O5S. The molecule has 0 radical (unpaired) electrons. The van der Waals surface area contributed by atoms with Gasteiger partial charge in [0.1, 0.15) is 5.75 Å². The van der Waals surface area contributed by atoms with Crippen LogP contribution in [0.2, 0.25) is 0 Å². The number of sulfonamides is 1. The van der Waals surface area contributed by atoms with Crippen LogP contribution in [-0.4, -0.2) is 44.2 Å². The molecule has 4 rings (SSSR count). The first-order chi connectivity index (χ1) is 15.7. The summed E-state index contributed by atoms with van der Waals surface area (Å²) in [5.41, 5.74) is 3.83. The van der Waals surface area contributed by atoms with Crippen LogP contribution in [0.15, 0.2) is 35.2 Å². The number of anilines is 2. The Balaban J connectivity index is 1.55. The number of fused-ring (bicyclic) bond motifs is 1. The molecule has 176 valence electrons. The van der Waals surface area contributed by atoms with E-state index < -0.39 is 15.9 Å². The van der Waals surface area contributed by atoms with Gasteiger partial charge in [0, 0.05) is 24.8 Å². The maximum Gasteiger partial charge on any atom is 0.262 e. The molecule has 0 unspecified atom stereocenters. The van der Waals surface area contributed by atoms with Gasteiger partial charge in [0.2, 0.25) is 15.9 Å². The summed E-state index contributed by atoms with van der Waals surface area (Å²) in [4.78, 5) is 24.8. The number of nitrogens with one attached hydrogen (secondary N) is 2. The lowest BCUT2D eigenvalue weighted by Crippen LogP contribution is -2.44. The van der Waals surface area contributed by atoms with Crippen LogP contribution in [0.1, 0.15) is 36.5 Å². The molecule has 2 heterocycles. The van der Waals surface area contributed by atoms with Gasteiger partial charge in [0.15, 0.2) is 6.61 Å². The fraction of sp³-hybridized carbons (Fsp3) is 0.417. The molecule has 33 heavy (non-hydrogen) atoms. The lowest BCUT2D eigenvalue weighted by Gasteiger charge is -2.32. The van der Waals surface area contributed by atoms with Crippen LogP contribution >= 0.6 is 0 Å². The Morgan fingerprint density at radius 2 is 2.03 bits per heavy atom. The summed E-state index contributed by atoms with van der Waals surface area (Å²) in [5.74, 6) is -0.544. The van der Waals surface area contributed by atoms with E-state index in [1.165, 1.54) is 10.4 Å². The monoisotopic (exact) mass is 471 g/mol.